The van der Waals surface area contributed by atoms with Gasteiger partial charge in [-0.05, 0) is 69.2 Å². The molecule has 3 rings (SSSR count). The van der Waals surface area contributed by atoms with Crippen LogP contribution in [0, 0.1) is 17.8 Å². The summed E-state index contributed by atoms with van der Waals surface area (Å²) in [5.74, 6) is 0.584. The minimum absolute atomic E-state index is 0.00986. The first kappa shape index (κ1) is 51.4. The van der Waals surface area contributed by atoms with Gasteiger partial charge in [0.2, 0.25) is 0 Å². The average Bonchev–Trinajstić information content (AvgIpc) is 3.26. The highest BCUT2D eigenvalue weighted by Gasteiger charge is 2.41. The third kappa shape index (κ3) is 15.7. The summed E-state index contributed by atoms with van der Waals surface area (Å²) in [6, 6.07) is 0.860. The van der Waals surface area contributed by atoms with E-state index < -0.39 is 48.3 Å². The first-order chi connectivity index (χ1) is 29.0. The smallest absolute Gasteiger partial charge is 0.138 e. The Morgan fingerprint density at radius 1 is 0.800 bits per heavy atom. The molecule has 1 saturated carbocycles. The molecule has 1 heterocycles. The first-order valence-corrected chi connectivity index (χ1v) is 22.7. The number of ether oxygens (including phenoxy) is 2. The van der Waals surface area contributed by atoms with Crippen LogP contribution in [-0.4, -0.2) is 130 Å². The van der Waals surface area contributed by atoms with Crippen molar-refractivity contribution < 1.29 is 33.4 Å². The second kappa shape index (κ2) is 27.9. The normalized spacial score (nSPS) is 32.5. The Hall–Kier alpha value is -2.95. The predicted octanol–water partition coefficient (Wildman–Crippen LogP) is 3.11. The number of hydrogen-bond donors (Lipinski definition) is 6. The zero-order chi connectivity index (χ0) is 44.0. The standard InChI is InChI=1S/C46H79N7O7/c1-7-8-9-13-16-45-33(5)44(28-58)53(6)43(21-31(2)3)40(26-56)52-46(35-14-11-10-12-15-35)41(27-57)50-37(23-48)38(24-54)51-42(39(25-55)49-32(4)29-60-45)30-59-36-19-17-34(22-47)18-20-36/h17-20,24-28,31-33,35,37-46,49-52H,7-16,21-23,29-30,47-48H2,1-6H3/t32-,33-,37+,38?,39?,40?,41?,42-,43+,44?,45-,46+/m1/s1. The third-order valence-electron chi connectivity index (χ3n) is 12.8. The van der Waals surface area contributed by atoms with Crippen LogP contribution in [0.3, 0.4) is 0 Å². The fourth-order valence-electron chi connectivity index (χ4n) is 9.19. The number of carbonyl (C=O) groups is 5. The van der Waals surface area contributed by atoms with E-state index in [0.717, 1.165) is 101 Å². The summed E-state index contributed by atoms with van der Waals surface area (Å²) in [6.45, 7) is 11.0. The van der Waals surface area contributed by atoms with Crippen molar-refractivity contribution in [2.45, 2.75) is 178 Å². The zero-order valence-electron chi connectivity index (χ0n) is 37.3. The quantitative estimate of drug-likeness (QED) is 0.0929. The van der Waals surface area contributed by atoms with Crippen molar-refractivity contribution in [3.63, 3.8) is 0 Å². The number of hydrogen-bond acceptors (Lipinski definition) is 14. The highest BCUT2D eigenvalue weighted by molar-refractivity contribution is 5.64. The van der Waals surface area contributed by atoms with Gasteiger partial charge in [-0.2, -0.15) is 0 Å². The third-order valence-corrected chi connectivity index (χ3v) is 12.8. The van der Waals surface area contributed by atoms with Crippen LogP contribution in [0.25, 0.3) is 0 Å². The van der Waals surface area contributed by atoms with Gasteiger partial charge in [-0.3, -0.25) is 10.2 Å². The molecule has 5 unspecified atom stereocenters. The van der Waals surface area contributed by atoms with Gasteiger partial charge in [0.25, 0.3) is 0 Å². The summed E-state index contributed by atoms with van der Waals surface area (Å²) in [4.78, 5) is 67.9. The van der Waals surface area contributed by atoms with E-state index in [1.54, 1.807) is 0 Å². The van der Waals surface area contributed by atoms with Crippen LogP contribution in [-0.2, 0) is 35.3 Å². The average molecular weight is 842 g/mol. The molecular weight excluding hydrogens is 763 g/mol. The van der Waals surface area contributed by atoms with Gasteiger partial charge in [-0.25, -0.2) is 0 Å². The lowest BCUT2D eigenvalue weighted by molar-refractivity contribution is -0.121. The molecule has 0 aromatic heterocycles. The number of aldehydes is 5. The molecule has 1 aromatic carbocycles. The number of rotatable bonds is 18. The summed E-state index contributed by atoms with van der Waals surface area (Å²) in [5, 5.41) is 13.9. The largest absolute Gasteiger partial charge is 0.492 e. The van der Waals surface area contributed by atoms with Crippen LogP contribution >= 0.6 is 0 Å². The van der Waals surface area contributed by atoms with Crippen molar-refractivity contribution in [1.29, 1.82) is 0 Å². The van der Waals surface area contributed by atoms with Gasteiger partial charge in [-0.1, -0.05) is 84.8 Å². The molecule has 0 amide bonds. The van der Waals surface area contributed by atoms with E-state index >= 15 is 0 Å². The molecule has 2 aliphatic rings. The molecule has 340 valence electrons. The van der Waals surface area contributed by atoms with Gasteiger partial charge in [-0.15, -0.1) is 0 Å². The summed E-state index contributed by atoms with van der Waals surface area (Å²) < 4.78 is 12.9. The Labute approximate surface area is 360 Å². The van der Waals surface area contributed by atoms with Crippen molar-refractivity contribution in [1.82, 2.24) is 26.2 Å². The van der Waals surface area contributed by atoms with Gasteiger partial charge in [0, 0.05) is 43.2 Å². The molecule has 1 saturated heterocycles. The molecule has 60 heavy (non-hydrogen) atoms. The number of nitrogens with two attached hydrogens (primary N) is 2. The van der Waals surface area contributed by atoms with Crippen LogP contribution in [0.2, 0.25) is 0 Å². The van der Waals surface area contributed by atoms with Gasteiger partial charge < -0.3 is 60.9 Å². The number of unbranched alkanes of at least 4 members (excludes halogenated alkanes) is 3. The monoisotopic (exact) mass is 842 g/mol. The van der Waals surface area contributed by atoms with E-state index in [2.05, 4.69) is 42.0 Å². The van der Waals surface area contributed by atoms with Crippen LogP contribution in [0.1, 0.15) is 111 Å². The molecule has 14 nitrogen and oxygen atoms in total. The number of likely N-dealkylation sites (N-methyl/N-ethyl adjacent to an activating group) is 1. The minimum atomic E-state index is -0.932. The lowest BCUT2D eigenvalue weighted by atomic mass is 9.80. The van der Waals surface area contributed by atoms with Gasteiger partial charge in [0.15, 0.2) is 0 Å². The number of nitrogens with one attached hydrogen (secondary N) is 4. The van der Waals surface area contributed by atoms with Crippen LogP contribution in [0.5, 0.6) is 5.75 Å². The molecule has 1 aromatic rings. The van der Waals surface area contributed by atoms with Gasteiger partial charge >= 0.3 is 0 Å². The lowest BCUT2D eigenvalue weighted by Gasteiger charge is -2.44. The molecule has 8 N–H and O–H groups in total. The Morgan fingerprint density at radius 3 is 2.00 bits per heavy atom. The molecule has 12 atom stereocenters. The maximum Gasteiger partial charge on any atom is 0.138 e. The Morgan fingerprint density at radius 2 is 1.43 bits per heavy atom. The minimum Gasteiger partial charge on any atom is -0.492 e. The highest BCUT2D eigenvalue weighted by Crippen LogP contribution is 2.30. The molecular formula is C46H79N7O7. The van der Waals surface area contributed by atoms with E-state index in [1.165, 1.54) is 0 Å². The van der Waals surface area contributed by atoms with Crippen molar-refractivity contribution in [3.05, 3.63) is 29.8 Å². The highest BCUT2D eigenvalue weighted by atomic mass is 16.5. The second-order valence-electron chi connectivity index (χ2n) is 17.8. The van der Waals surface area contributed by atoms with E-state index in [1.807, 2.05) is 50.1 Å². The molecule has 1 aliphatic heterocycles. The van der Waals surface area contributed by atoms with Crippen molar-refractivity contribution in [2.24, 2.45) is 29.2 Å². The Bertz CT molecular complexity index is 1380. The fourth-order valence-corrected chi connectivity index (χ4v) is 9.19. The summed E-state index contributed by atoms with van der Waals surface area (Å²) in [5.41, 5.74) is 13.1. The maximum absolute atomic E-state index is 13.3. The molecule has 0 spiro atoms. The van der Waals surface area contributed by atoms with Gasteiger partial charge in [0.05, 0.1) is 49.0 Å². The zero-order valence-corrected chi connectivity index (χ0v) is 37.3. The maximum atomic E-state index is 13.3. The summed E-state index contributed by atoms with van der Waals surface area (Å²) >= 11 is 0. The number of benzene rings is 1. The molecule has 1 aliphatic carbocycles. The predicted molar refractivity (Wildman–Crippen MR) is 237 cm³/mol. The van der Waals surface area contributed by atoms with E-state index in [0.29, 0.717) is 18.7 Å². The number of carbonyl (C=O) groups excluding carboxylic acids is 5. The first-order valence-electron chi connectivity index (χ1n) is 22.7. The molecule has 0 bridgehead atoms. The van der Waals surface area contributed by atoms with Gasteiger partial charge in [0.1, 0.15) is 43.8 Å². The number of nitrogens with zero attached hydrogens (tertiary/aromatic N) is 1. The summed E-state index contributed by atoms with van der Waals surface area (Å²) in [7, 11) is 1.92. The lowest BCUT2D eigenvalue weighted by Crippen LogP contribution is -2.67. The van der Waals surface area contributed by atoms with Crippen molar-refractivity contribution in [3.8, 4) is 5.75 Å². The fraction of sp³-hybridized carbons (Fsp3) is 0.761. The van der Waals surface area contributed by atoms with Crippen LogP contribution < -0.4 is 37.5 Å². The molecule has 14 heteroatoms. The Balaban J connectivity index is 2.15. The van der Waals surface area contributed by atoms with E-state index in [4.69, 9.17) is 20.9 Å². The van der Waals surface area contributed by atoms with Crippen molar-refractivity contribution >= 4 is 31.4 Å². The molecule has 2 fully saturated rings. The second-order valence-corrected chi connectivity index (χ2v) is 17.8. The summed E-state index contributed by atoms with van der Waals surface area (Å²) in [6.07, 6.45) is 14.3. The SMILES string of the molecule is CCCCCC[C@H]1OC[C@@H](C)NC(C=O)[C@@H](COc2ccc(CN)cc2)NC(C=O)[C@H](CN)NC(C=O)[C@H](C2CCCCC2)NC(C=O)[C@H](CC(C)C)N(C)C(C=O)[C@H]1C. The molecule has 0 radical (unpaired) electrons. The topological polar surface area (TPSA) is 207 Å². The van der Waals surface area contributed by atoms with Crippen LogP contribution in [0.4, 0.5) is 0 Å². The van der Waals surface area contributed by atoms with Crippen molar-refractivity contribution in [2.75, 3.05) is 26.8 Å². The van der Waals surface area contributed by atoms with E-state index in [9.17, 15) is 24.0 Å². The van der Waals surface area contributed by atoms with E-state index in [-0.39, 0.29) is 55.7 Å². The Kier molecular flexibility index (Phi) is 23.9. The van der Waals surface area contributed by atoms with Crippen LogP contribution in [0.15, 0.2) is 24.3 Å².